The fourth-order valence-corrected chi connectivity index (χ4v) is 2.19. The molecule has 1 atom stereocenters. The van der Waals surface area contributed by atoms with E-state index in [1.165, 1.54) is 5.56 Å². The van der Waals surface area contributed by atoms with Gasteiger partial charge < -0.3 is 14.8 Å². The Labute approximate surface area is 123 Å². The maximum Gasteiger partial charge on any atom is 0.124 e. The Hall–Kier alpha value is -1.06. The predicted molar refractivity (Wildman–Crippen MR) is 84.2 cm³/mol. The molecule has 0 aliphatic heterocycles. The molecule has 0 aliphatic rings. The number of rotatable bonds is 10. The topological polar surface area (TPSA) is 30.5 Å². The van der Waals surface area contributed by atoms with E-state index in [0.717, 1.165) is 43.7 Å². The van der Waals surface area contributed by atoms with Gasteiger partial charge in [0.1, 0.15) is 5.75 Å². The zero-order valence-electron chi connectivity index (χ0n) is 13.4. The molecule has 0 aliphatic carbocycles. The monoisotopic (exact) mass is 279 g/mol. The van der Waals surface area contributed by atoms with E-state index < -0.39 is 0 Å². The SMILES string of the molecule is CCCNCc1ccc(OC)c(COC(C)CCC)c1. The summed E-state index contributed by atoms with van der Waals surface area (Å²) >= 11 is 0. The molecule has 114 valence electrons. The highest BCUT2D eigenvalue weighted by Gasteiger charge is 2.07. The van der Waals surface area contributed by atoms with Crippen LogP contribution in [0.4, 0.5) is 0 Å². The normalized spacial score (nSPS) is 12.4. The average molecular weight is 279 g/mol. The first-order valence-corrected chi connectivity index (χ1v) is 7.69. The van der Waals surface area contributed by atoms with Gasteiger partial charge in [0.25, 0.3) is 0 Å². The van der Waals surface area contributed by atoms with Crippen molar-refractivity contribution in [1.29, 1.82) is 0 Å². The van der Waals surface area contributed by atoms with Gasteiger partial charge >= 0.3 is 0 Å². The molecule has 0 fully saturated rings. The van der Waals surface area contributed by atoms with Gasteiger partial charge in [-0.1, -0.05) is 26.3 Å². The Kier molecular flexibility index (Phi) is 8.31. The van der Waals surface area contributed by atoms with Crippen LogP contribution < -0.4 is 10.1 Å². The maximum absolute atomic E-state index is 5.89. The lowest BCUT2D eigenvalue weighted by Gasteiger charge is -2.15. The molecule has 1 unspecified atom stereocenters. The lowest BCUT2D eigenvalue weighted by Crippen LogP contribution is -2.14. The lowest BCUT2D eigenvalue weighted by molar-refractivity contribution is 0.0460. The van der Waals surface area contributed by atoms with Crippen LogP contribution in [0.1, 0.15) is 51.2 Å². The first-order valence-electron chi connectivity index (χ1n) is 7.69. The number of hydrogen-bond donors (Lipinski definition) is 1. The Morgan fingerprint density at radius 1 is 1.20 bits per heavy atom. The molecule has 1 rings (SSSR count). The number of methoxy groups -OCH3 is 1. The van der Waals surface area contributed by atoms with Gasteiger partial charge in [0.2, 0.25) is 0 Å². The molecule has 0 radical (unpaired) electrons. The van der Waals surface area contributed by atoms with E-state index in [1.54, 1.807) is 7.11 Å². The molecule has 0 saturated heterocycles. The molecule has 3 nitrogen and oxygen atoms in total. The summed E-state index contributed by atoms with van der Waals surface area (Å²) in [5, 5.41) is 3.42. The van der Waals surface area contributed by atoms with Gasteiger partial charge in [-0.2, -0.15) is 0 Å². The van der Waals surface area contributed by atoms with Gasteiger partial charge in [-0.3, -0.25) is 0 Å². The molecule has 20 heavy (non-hydrogen) atoms. The van der Waals surface area contributed by atoms with E-state index in [9.17, 15) is 0 Å². The molecule has 1 N–H and O–H groups in total. The van der Waals surface area contributed by atoms with Crippen LogP contribution in [0.2, 0.25) is 0 Å². The highest BCUT2D eigenvalue weighted by atomic mass is 16.5. The van der Waals surface area contributed by atoms with E-state index in [-0.39, 0.29) is 0 Å². The van der Waals surface area contributed by atoms with E-state index in [2.05, 4.69) is 38.2 Å². The number of benzene rings is 1. The summed E-state index contributed by atoms with van der Waals surface area (Å²) in [6.07, 6.45) is 3.70. The molecule has 0 amide bonds. The van der Waals surface area contributed by atoms with Crippen LogP contribution in [-0.2, 0) is 17.9 Å². The van der Waals surface area contributed by atoms with E-state index in [1.807, 2.05) is 6.07 Å². The molecule has 1 aromatic rings. The summed E-state index contributed by atoms with van der Waals surface area (Å²) in [4.78, 5) is 0. The van der Waals surface area contributed by atoms with Crippen LogP contribution >= 0.6 is 0 Å². The zero-order valence-corrected chi connectivity index (χ0v) is 13.4. The van der Waals surface area contributed by atoms with E-state index in [0.29, 0.717) is 12.7 Å². The lowest BCUT2D eigenvalue weighted by atomic mass is 10.1. The standard InChI is InChI=1S/C17H29NO2/c1-5-7-14(3)20-13-16-11-15(12-18-10-6-2)8-9-17(16)19-4/h8-9,11,14,18H,5-7,10,12-13H2,1-4H3. The van der Waals surface area contributed by atoms with Crippen molar-refractivity contribution in [1.82, 2.24) is 5.32 Å². The number of hydrogen-bond acceptors (Lipinski definition) is 3. The highest BCUT2D eigenvalue weighted by molar-refractivity contribution is 5.36. The summed E-state index contributed by atoms with van der Waals surface area (Å²) < 4.78 is 11.3. The molecular formula is C17H29NO2. The van der Waals surface area contributed by atoms with Crippen molar-refractivity contribution in [3.63, 3.8) is 0 Å². The number of ether oxygens (including phenoxy) is 2. The van der Waals surface area contributed by atoms with Crippen LogP contribution in [0.15, 0.2) is 18.2 Å². The number of nitrogens with one attached hydrogen (secondary N) is 1. The van der Waals surface area contributed by atoms with Gasteiger partial charge in [0.15, 0.2) is 0 Å². The molecule has 0 aromatic heterocycles. The fourth-order valence-electron chi connectivity index (χ4n) is 2.19. The van der Waals surface area contributed by atoms with Crippen molar-refractivity contribution >= 4 is 0 Å². The first-order chi connectivity index (χ1) is 9.71. The van der Waals surface area contributed by atoms with Crippen molar-refractivity contribution in [3.05, 3.63) is 29.3 Å². The molecule has 0 spiro atoms. The molecule has 1 aromatic carbocycles. The van der Waals surface area contributed by atoms with Crippen molar-refractivity contribution in [3.8, 4) is 5.75 Å². The molecule has 0 heterocycles. The van der Waals surface area contributed by atoms with Gasteiger partial charge in [0.05, 0.1) is 19.8 Å². The molecule has 0 bridgehead atoms. The smallest absolute Gasteiger partial charge is 0.124 e. The van der Waals surface area contributed by atoms with Crippen LogP contribution in [-0.4, -0.2) is 19.8 Å². The summed E-state index contributed by atoms with van der Waals surface area (Å²) in [7, 11) is 1.71. The summed E-state index contributed by atoms with van der Waals surface area (Å²) in [5.41, 5.74) is 2.41. The van der Waals surface area contributed by atoms with Crippen LogP contribution in [0.5, 0.6) is 5.75 Å². The summed E-state index contributed by atoms with van der Waals surface area (Å²) in [6.45, 7) is 9.05. The first kappa shape index (κ1) is 17.0. The second kappa shape index (κ2) is 9.78. The third-order valence-electron chi connectivity index (χ3n) is 3.32. The largest absolute Gasteiger partial charge is 0.496 e. The Morgan fingerprint density at radius 3 is 2.65 bits per heavy atom. The Bertz CT molecular complexity index is 379. The quantitative estimate of drug-likeness (QED) is 0.659. The van der Waals surface area contributed by atoms with Crippen LogP contribution in [0, 0.1) is 0 Å². The molecular weight excluding hydrogens is 250 g/mol. The van der Waals surface area contributed by atoms with E-state index >= 15 is 0 Å². The minimum Gasteiger partial charge on any atom is -0.496 e. The van der Waals surface area contributed by atoms with Crippen molar-refractivity contribution in [2.75, 3.05) is 13.7 Å². The summed E-state index contributed by atoms with van der Waals surface area (Å²) in [6, 6.07) is 6.33. The Morgan fingerprint density at radius 2 is 2.00 bits per heavy atom. The Balaban J connectivity index is 2.63. The van der Waals surface area contributed by atoms with Gasteiger partial charge in [-0.15, -0.1) is 0 Å². The third kappa shape index (κ3) is 5.93. The van der Waals surface area contributed by atoms with Gasteiger partial charge in [-0.05, 0) is 44.0 Å². The fraction of sp³-hybridized carbons (Fsp3) is 0.647. The summed E-state index contributed by atoms with van der Waals surface area (Å²) in [5.74, 6) is 0.910. The van der Waals surface area contributed by atoms with Gasteiger partial charge in [0, 0.05) is 12.1 Å². The second-order valence-corrected chi connectivity index (χ2v) is 5.23. The minimum atomic E-state index is 0.298. The maximum atomic E-state index is 5.89. The highest BCUT2D eigenvalue weighted by Crippen LogP contribution is 2.21. The van der Waals surface area contributed by atoms with Crippen molar-refractivity contribution in [2.45, 2.75) is 59.3 Å². The van der Waals surface area contributed by atoms with Crippen molar-refractivity contribution < 1.29 is 9.47 Å². The van der Waals surface area contributed by atoms with Gasteiger partial charge in [-0.25, -0.2) is 0 Å². The van der Waals surface area contributed by atoms with E-state index in [4.69, 9.17) is 9.47 Å². The third-order valence-corrected chi connectivity index (χ3v) is 3.32. The zero-order chi connectivity index (χ0) is 14.8. The average Bonchev–Trinajstić information content (AvgIpc) is 2.46. The second-order valence-electron chi connectivity index (χ2n) is 5.23. The molecule has 0 saturated carbocycles. The minimum absolute atomic E-state index is 0.298. The van der Waals surface area contributed by atoms with Crippen LogP contribution in [0.3, 0.4) is 0 Å². The van der Waals surface area contributed by atoms with Crippen LogP contribution in [0.25, 0.3) is 0 Å². The van der Waals surface area contributed by atoms with Crippen molar-refractivity contribution in [2.24, 2.45) is 0 Å². The molecule has 3 heteroatoms. The predicted octanol–water partition coefficient (Wildman–Crippen LogP) is 3.90.